The molecule has 30 heavy (non-hydrogen) atoms. The Morgan fingerprint density at radius 3 is 2.30 bits per heavy atom. The molecule has 0 radical (unpaired) electrons. The van der Waals surface area contributed by atoms with E-state index in [1.165, 1.54) is 12.1 Å². The van der Waals surface area contributed by atoms with Crippen LogP contribution in [0.3, 0.4) is 0 Å². The number of rotatable bonds is 4. The van der Waals surface area contributed by atoms with Crippen molar-refractivity contribution in [1.82, 2.24) is 5.32 Å². The lowest BCUT2D eigenvalue weighted by atomic mass is 9.94. The van der Waals surface area contributed by atoms with Crippen LogP contribution in [-0.4, -0.2) is 5.11 Å². The lowest BCUT2D eigenvalue weighted by Gasteiger charge is -2.24. The average Bonchev–Trinajstić information content (AvgIpc) is 2.68. The van der Waals surface area contributed by atoms with Gasteiger partial charge in [0.05, 0.1) is 16.6 Å². The zero-order valence-corrected chi connectivity index (χ0v) is 17.9. The van der Waals surface area contributed by atoms with Crippen molar-refractivity contribution in [2.75, 3.05) is 5.32 Å². The number of benzene rings is 3. The van der Waals surface area contributed by atoms with E-state index in [1.807, 2.05) is 56.3 Å². The van der Waals surface area contributed by atoms with E-state index in [-0.39, 0.29) is 21.9 Å². The Morgan fingerprint density at radius 2 is 1.67 bits per heavy atom. The molecular formula is C23H20ClF3N2S. The fraction of sp³-hybridized carbons (Fsp3) is 0.174. The fourth-order valence-corrected chi connectivity index (χ4v) is 3.71. The van der Waals surface area contributed by atoms with Crippen molar-refractivity contribution in [3.8, 4) is 0 Å². The maximum absolute atomic E-state index is 13.1. The minimum absolute atomic E-state index is 0.205. The van der Waals surface area contributed by atoms with E-state index in [0.717, 1.165) is 28.3 Å². The quantitative estimate of drug-likeness (QED) is 0.418. The molecule has 0 spiro atoms. The SMILES string of the molecule is Cc1ccc([C@H](NC(=S)Nc2ccc(Cl)c(C(F)(F)F)c2)c2ccccc2)c(C)c1. The number of aryl methyl sites for hydroxylation is 2. The molecule has 0 fully saturated rings. The van der Waals surface area contributed by atoms with Gasteiger partial charge >= 0.3 is 6.18 Å². The second kappa shape index (κ2) is 9.06. The van der Waals surface area contributed by atoms with E-state index in [0.29, 0.717) is 0 Å². The number of thiocarbonyl (C=S) groups is 1. The summed E-state index contributed by atoms with van der Waals surface area (Å²) < 4.78 is 39.4. The summed E-state index contributed by atoms with van der Waals surface area (Å²) in [4.78, 5) is 0. The lowest BCUT2D eigenvalue weighted by Crippen LogP contribution is -2.33. The summed E-state index contributed by atoms with van der Waals surface area (Å²) in [5, 5.41) is 5.93. The van der Waals surface area contributed by atoms with Crippen LogP contribution >= 0.6 is 23.8 Å². The molecular weight excluding hydrogens is 429 g/mol. The van der Waals surface area contributed by atoms with Gasteiger partial charge in [0.15, 0.2) is 5.11 Å². The van der Waals surface area contributed by atoms with Crippen molar-refractivity contribution < 1.29 is 13.2 Å². The molecule has 0 aliphatic rings. The summed E-state index contributed by atoms with van der Waals surface area (Å²) in [6, 6.07) is 19.2. The first kappa shape index (κ1) is 22.1. The van der Waals surface area contributed by atoms with Gasteiger partial charge < -0.3 is 10.6 Å². The molecule has 0 aliphatic heterocycles. The Morgan fingerprint density at radius 1 is 0.967 bits per heavy atom. The molecule has 7 heteroatoms. The van der Waals surface area contributed by atoms with E-state index in [4.69, 9.17) is 23.8 Å². The lowest BCUT2D eigenvalue weighted by molar-refractivity contribution is -0.137. The van der Waals surface area contributed by atoms with Gasteiger partial charge in [0.25, 0.3) is 0 Å². The number of anilines is 1. The van der Waals surface area contributed by atoms with Crippen LogP contribution in [0.2, 0.25) is 5.02 Å². The first-order valence-electron chi connectivity index (χ1n) is 9.21. The molecule has 0 amide bonds. The van der Waals surface area contributed by atoms with Crippen molar-refractivity contribution in [1.29, 1.82) is 0 Å². The van der Waals surface area contributed by atoms with Crippen molar-refractivity contribution in [3.05, 3.63) is 99.6 Å². The summed E-state index contributed by atoms with van der Waals surface area (Å²) in [5.41, 5.74) is 3.54. The molecule has 0 saturated heterocycles. The Kier molecular flexibility index (Phi) is 6.68. The maximum atomic E-state index is 13.1. The van der Waals surface area contributed by atoms with Crippen LogP contribution in [0.25, 0.3) is 0 Å². The monoisotopic (exact) mass is 448 g/mol. The van der Waals surface area contributed by atoms with Crippen molar-refractivity contribution in [2.45, 2.75) is 26.1 Å². The maximum Gasteiger partial charge on any atom is 0.417 e. The highest BCUT2D eigenvalue weighted by Crippen LogP contribution is 2.36. The normalized spacial score (nSPS) is 12.3. The Labute approximate surface area is 184 Å². The first-order chi connectivity index (χ1) is 14.1. The van der Waals surface area contributed by atoms with Crippen LogP contribution in [0, 0.1) is 13.8 Å². The van der Waals surface area contributed by atoms with Gasteiger partial charge in [-0.15, -0.1) is 0 Å². The standard InChI is InChI=1S/C23H20ClF3N2S/c1-14-8-10-18(15(2)12-14)21(16-6-4-3-5-7-16)29-22(30)28-17-9-11-20(24)19(13-17)23(25,26)27/h3-13,21H,1-2H3,(H2,28,29,30)/t21-/m1/s1. The number of nitrogens with one attached hydrogen (secondary N) is 2. The summed E-state index contributed by atoms with van der Waals surface area (Å²) >= 11 is 11.1. The van der Waals surface area contributed by atoms with E-state index in [2.05, 4.69) is 16.7 Å². The smallest absolute Gasteiger partial charge is 0.352 e. The molecule has 3 rings (SSSR count). The van der Waals surface area contributed by atoms with Crippen molar-refractivity contribution >= 4 is 34.6 Å². The van der Waals surface area contributed by atoms with Crippen LogP contribution in [0.4, 0.5) is 18.9 Å². The van der Waals surface area contributed by atoms with Gasteiger partial charge in [-0.1, -0.05) is 65.7 Å². The molecule has 1 atom stereocenters. The highest BCUT2D eigenvalue weighted by molar-refractivity contribution is 7.80. The third-order valence-corrected chi connectivity index (χ3v) is 5.22. The number of halogens is 4. The fourth-order valence-electron chi connectivity index (χ4n) is 3.25. The topological polar surface area (TPSA) is 24.1 Å². The van der Waals surface area contributed by atoms with E-state index >= 15 is 0 Å². The Bertz CT molecular complexity index is 1050. The third kappa shape index (κ3) is 5.32. The first-order valence-corrected chi connectivity index (χ1v) is 10.00. The molecule has 2 N–H and O–H groups in total. The van der Waals surface area contributed by atoms with Gasteiger partial charge in [-0.05, 0) is 61.0 Å². The second-order valence-corrected chi connectivity index (χ2v) is 7.81. The molecule has 0 aromatic heterocycles. The molecule has 2 nitrogen and oxygen atoms in total. The van der Waals surface area contributed by atoms with Crippen molar-refractivity contribution in [3.63, 3.8) is 0 Å². The molecule has 3 aromatic carbocycles. The van der Waals surface area contributed by atoms with Crippen LogP contribution in [0.15, 0.2) is 66.7 Å². The molecule has 0 aliphatic carbocycles. The van der Waals surface area contributed by atoms with Gasteiger partial charge in [-0.25, -0.2) is 0 Å². The predicted octanol–water partition coefficient (Wildman–Crippen LogP) is 7.05. The van der Waals surface area contributed by atoms with E-state index < -0.39 is 11.7 Å². The Hall–Kier alpha value is -2.57. The number of alkyl halides is 3. The molecule has 0 unspecified atom stereocenters. The Balaban J connectivity index is 1.88. The summed E-state index contributed by atoms with van der Waals surface area (Å²) in [6.45, 7) is 4.04. The van der Waals surface area contributed by atoms with Crippen LogP contribution in [0.5, 0.6) is 0 Å². The highest BCUT2D eigenvalue weighted by atomic mass is 35.5. The van der Waals surface area contributed by atoms with Crippen LogP contribution in [-0.2, 0) is 6.18 Å². The number of hydrogen-bond acceptors (Lipinski definition) is 1. The number of hydrogen-bond donors (Lipinski definition) is 2. The molecule has 3 aromatic rings. The van der Waals surface area contributed by atoms with Gasteiger partial charge in [-0.2, -0.15) is 13.2 Å². The zero-order chi connectivity index (χ0) is 21.9. The largest absolute Gasteiger partial charge is 0.417 e. The molecule has 156 valence electrons. The molecule has 0 bridgehead atoms. The molecule has 0 saturated carbocycles. The summed E-state index contributed by atoms with van der Waals surface area (Å²) in [7, 11) is 0. The van der Waals surface area contributed by atoms with Crippen LogP contribution in [0.1, 0.15) is 33.9 Å². The van der Waals surface area contributed by atoms with Crippen LogP contribution < -0.4 is 10.6 Å². The van der Waals surface area contributed by atoms with E-state index in [9.17, 15) is 13.2 Å². The third-order valence-electron chi connectivity index (χ3n) is 4.67. The van der Waals surface area contributed by atoms with Crippen molar-refractivity contribution in [2.24, 2.45) is 0 Å². The predicted molar refractivity (Wildman–Crippen MR) is 120 cm³/mol. The summed E-state index contributed by atoms with van der Waals surface area (Å²) in [5.74, 6) is 0. The minimum atomic E-state index is -4.55. The van der Waals surface area contributed by atoms with Gasteiger partial charge in [0, 0.05) is 5.69 Å². The van der Waals surface area contributed by atoms with Gasteiger partial charge in [-0.3, -0.25) is 0 Å². The van der Waals surface area contributed by atoms with Gasteiger partial charge in [0.2, 0.25) is 0 Å². The second-order valence-electron chi connectivity index (χ2n) is 6.99. The molecule has 0 heterocycles. The zero-order valence-electron chi connectivity index (χ0n) is 16.3. The minimum Gasteiger partial charge on any atom is -0.352 e. The summed E-state index contributed by atoms with van der Waals surface area (Å²) in [6.07, 6.45) is -4.55. The van der Waals surface area contributed by atoms with E-state index in [1.54, 1.807) is 0 Å². The average molecular weight is 449 g/mol. The highest BCUT2D eigenvalue weighted by Gasteiger charge is 2.33. The van der Waals surface area contributed by atoms with Gasteiger partial charge in [0.1, 0.15) is 0 Å².